The van der Waals surface area contributed by atoms with Gasteiger partial charge in [0.15, 0.2) is 0 Å². The first-order valence-corrected chi connectivity index (χ1v) is 6.96. The average Bonchev–Trinajstić information content (AvgIpc) is 2.99. The largest absolute Gasteiger partial charge is 0.384 e. The van der Waals surface area contributed by atoms with Crippen LogP contribution in [0.2, 0.25) is 0 Å². The van der Waals surface area contributed by atoms with Crippen LogP contribution in [0.5, 0.6) is 0 Å². The predicted octanol–water partition coefficient (Wildman–Crippen LogP) is 1.90. The number of hydrogen-bond acceptors (Lipinski definition) is 2. The third kappa shape index (κ3) is 3.75. The normalized spacial score (nSPS) is 15.4. The van der Waals surface area contributed by atoms with Crippen LogP contribution in [0.3, 0.4) is 0 Å². The van der Waals surface area contributed by atoms with Gasteiger partial charge in [-0.05, 0) is 37.5 Å². The second-order valence-electron chi connectivity index (χ2n) is 4.95. The lowest BCUT2D eigenvalue weighted by atomic mass is 10.1. The Morgan fingerprint density at radius 2 is 2.20 bits per heavy atom. The average molecular weight is 272 g/mol. The Morgan fingerprint density at radius 1 is 1.45 bits per heavy atom. The Kier molecular flexibility index (Phi) is 5.03. The predicted molar refractivity (Wildman–Crippen MR) is 78.2 cm³/mol. The smallest absolute Gasteiger partial charge is 0.317 e. The Bertz CT molecular complexity index is 525. The van der Waals surface area contributed by atoms with Gasteiger partial charge in [0.2, 0.25) is 0 Å². The fourth-order valence-electron chi connectivity index (χ4n) is 2.31. The summed E-state index contributed by atoms with van der Waals surface area (Å²) in [5, 5.41) is 11.7. The maximum Gasteiger partial charge on any atom is 0.317 e. The van der Waals surface area contributed by atoms with Crippen LogP contribution in [0, 0.1) is 11.8 Å². The lowest BCUT2D eigenvalue weighted by molar-refractivity contribution is 0.205. The molecule has 2 amide bonds. The van der Waals surface area contributed by atoms with E-state index >= 15 is 0 Å². The van der Waals surface area contributed by atoms with Gasteiger partial charge in [0.1, 0.15) is 6.61 Å². The highest BCUT2D eigenvalue weighted by molar-refractivity contribution is 5.75. The van der Waals surface area contributed by atoms with Gasteiger partial charge in [0.05, 0.1) is 6.04 Å². The van der Waals surface area contributed by atoms with Crippen molar-refractivity contribution in [1.82, 2.24) is 10.2 Å². The zero-order valence-electron chi connectivity index (χ0n) is 11.7. The molecular weight excluding hydrogens is 252 g/mol. The van der Waals surface area contributed by atoms with Crippen LogP contribution in [0.1, 0.15) is 36.9 Å². The van der Waals surface area contributed by atoms with Gasteiger partial charge >= 0.3 is 6.03 Å². The maximum atomic E-state index is 12.0. The van der Waals surface area contributed by atoms with Crippen molar-refractivity contribution in [2.45, 2.75) is 25.8 Å². The van der Waals surface area contributed by atoms with Crippen molar-refractivity contribution >= 4 is 6.03 Å². The van der Waals surface area contributed by atoms with Crippen molar-refractivity contribution in [3.63, 3.8) is 0 Å². The van der Waals surface area contributed by atoms with Gasteiger partial charge in [0.25, 0.3) is 0 Å². The molecule has 1 heterocycles. The molecule has 0 aliphatic carbocycles. The number of aliphatic hydroxyl groups excluding tert-OH is 1. The first-order valence-electron chi connectivity index (χ1n) is 6.96. The molecule has 2 N–H and O–H groups in total. The highest BCUT2D eigenvalue weighted by atomic mass is 16.2. The summed E-state index contributed by atoms with van der Waals surface area (Å²) < 4.78 is 0. The van der Waals surface area contributed by atoms with Crippen molar-refractivity contribution in [3.05, 3.63) is 35.4 Å². The topological polar surface area (TPSA) is 52.6 Å². The van der Waals surface area contributed by atoms with Gasteiger partial charge in [-0.2, -0.15) is 0 Å². The summed E-state index contributed by atoms with van der Waals surface area (Å²) in [4.78, 5) is 13.9. The minimum Gasteiger partial charge on any atom is -0.384 e. The van der Waals surface area contributed by atoms with Crippen LogP contribution in [-0.4, -0.2) is 35.7 Å². The molecule has 1 aromatic carbocycles. The number of likely N-dealkylation sites (tertiary alicyclic amines) is 1. The van der Waals surface area contributed by atoms with E-state index in [0.29, 0.717) is 0 Å². The monoisotopic (exact) mass is 272 g/mol. The van der Waals surface area contributed by atoms with E-state index in [-0.39, 0.29) is 18.7 Å². The Morgan fingerprint density at radius 3 is 2.90 bits per heavy atom. The van der Waals surface area contributed by atoms with Gasteiger partial charge in [-0.15, -0.1) is 0 Å². The number of urea groups is 1. The lowest BCUT2D eigenvalue weighted by Crippen LogP contribution is -2.39. The summed E-state index contributed by atoms with van der Waals surface area (Å²) in [5.41, 5.74) is 1.86. The van der Waals surface area contributed by atoms with E-state index in [1.165, 1.54) is 0 Å². The molecule has 1 fully saturated rings. The van der Waals surface area contributed by atoms with Crippen molar-refractivity contribution in [3.8, 4) is 11.8 Å². The van der Waals surface area contributed by atoms with Crippen LogP contribution >= 0.6 is 0 Å². The maximum absolute atomic E-state index is 12.0. The standard InChI is InChI=1S/C16H20N2O2/c1-13(17-16(20)18-9-2-3-10-18)15-8-4-6-14(12-15)7-5-11-19/h4,6,8,12-13,19H,2-3,9-11H2,1H3,(H,17,20). The Labute approximate surface area is 119 Å². The van der Waals surface area contributed by atoms with Crippen LogP contribution in [0.25, 0.3) is 0 Å². The zero-order chi connectivity index (χ0) is 14.4. The summed E-state index contributed by atoms with van der Waals surface area (Å²) >= 11 is 0. The van der Waals surface area contributed by atoms with Crippen LogP contribution in [-0.2, 0) is 0 Å². The molecule has 2 rings (SSSR count). The molecule has 1 aliphatic heterocycles. The number of aliphatic hydroxyl groups is 1. The molecular formula is C16H20N2O2. The second kappa shape index (κ2) is 6.97. The first kappa shape index (κ1) is 14.4. The van der Waals surface area contributed by atoms with Gasteiger partial charge in [-0.3, -0.25) is 0 Å². The first-order chi connectivity index (χ1) is 9.70. The summed E-state index contributed by atoms with van der Waals surface area (Å²) in [6.45, 7) is 3.51. The molecule has 20 heavy (non-hydrogen) atoms. The zero-order valence-corrected chi connectivity index (χ0v) is 11.7. The number of carbonyl (C=O) groups is 1. The summed E-state index contributed by atoms with van der Waals surface area (Å²) in [7, 11) is 0. The summed E-state index contributed by atoms with van der Waals surface area (Å²) in [6.07, 6.45) is 2.18. The molecule has 4 nitrogen and oxygen atoms in total. The molecule has 1 aliphatic rings. The number of hydrogen-bond donors (Lipinski definition) is 2. The molecule has 1 atom stereocenters. The number of nitrogens with zero attached hydrogens (tertiary/aromatic N) is 1. The minimum absolute atomic E-state index is 0.00171. The summed E-state index contributed by atoms with van der Waals surface area (Å²) in [5.74, 6) is 5.50. The van der Waals surface area contributed by atoms with Crippen molar-refractivity contribution in [1.29, 1.82) is 0 Å². The number of nitrogens with one attached hydrogen (secondary N) is 1. The molecule has 0 radical (unpaired) electrons. The molecule has 0 spiro atoms. The molecule has 1 aromatic rings. The Balaban J connectivity index is 2.01. The van der Waals surface area contributed by atoms with Crippen LogP contribution in [0.4, 0.5) is 4.79 Å². The van der Waals surface area contributed by atoms with Gasteiger partial charge in [-0.1, -0.05) is 24.0 Å². The van der Waals surface area contributed by atoms with Gasteiger partial charge < -0.3 is 15.3 Å². The molecule has 0 aromatic heterocycles. The van der Waals surface area contributed by atoms with E-state index in [9.17, 15) is 4.79 Å². The highest BCUT2D eigenvalue weighted by Crippen LogP contribution is 2.15. The van der Waals surface area contributed by atoms with Gasteiger partial charge in [-0.25, -0.2) is 4.79 Å². The molecule has 0 bridgehead atoms. The molecule has 0 saturated carbocycles. The van der Waals surface area contributed by atoms with E-state index < -0.39 is 0 Å². The van der Waals surface area contributed by atoms with E-state index in [4.69, 9.17) is 5.11 Å². The summed E-state index contributed by atoms with van der Waals surface area (Å²) in [6, 6.07) is 7.66. The number of carbonyl (C=O) groups excluding carboxylic acids is 1. The quantitative estimate of drug-likeness (QED) is 0.808. The molecule has 1 unspecified atom stereocenters. The van der Waals surface area contributed by atoms with E-state index in [1.54, 1.807) is 0 Å². The van der Waals surface area contributed by atoms with E-state index in [2.05, 4.69) is 17.2 Å². The Hall–Kier alpha value is -1.99. The van der Waals surface area contributed by atoms with E-state index in [1.807, 2.05) is 36.1 Å². The number of rotatable bonds is 2. The number of amides is 2. The third-order valence-electron chi connectivity index (χ3n) is 3.43. The van der Waals surface area contributed by atoms with Gasteiger partial charge in [0, 0.05) is 18.7 Å². The fourth-order valence-corrected chi connectivity index (χ4v) is 2.31. The van der Waals surface area contributed by atoms with Crippen molar-refractivity contribution in [2.75, 3.05) is 19.7 Å². The lowest BCUT2D eigenvalue weighted by Gasteiger charge is -2.20. The van der Waals surface area contributed by atoms with E-state index in [0.717, 1.165) is 37.1 Å². The molecule has 4 heteroatoms. The van der Waals surface area contributed by atoms with Crippen LogP contribution < -0.4 is 5.32 Å². The SMILES string of the molecule is CC(NC(=O)N1CCCC1)c1cccc(C#CCO)c1. The van der Waals surface area contributed by atoms with Crippen molar-refractivity contribution < 1.29 is 9.90 Å². The van der Waals surface area contributed by atoms with Crippen LogP contribution in [0.15, 0.2) is 24.3 Å². The fraction of sp³-hybridized carbons (Fsp3) is 0.438. The third-order valence-corrected chi connectivity index (χ3v) is 3.43. The molecule has 1 saturated heterocycles. The van der Waals surface area contributed by atoms with Crippen molar-refractivity contribution in [2.24, 2.45) is 0 Å². The minimum atomic E-state index is -0.147. The highest BCUT2D eigenvalue weighted by Gasteiger charge is 2.19. The second-order valence-corrected chi connectivity index (χ2v) is 4.95. The molecule has 106 valence electrons. The number of benzene rings is 1.